The van der Waals surface area contributed by atoms with Gasteiger partial charge in [0.05, 0.1) is 11.5 Å². The van der Waals surface area contributed by atoms with Gasteiger partial charge in [-0.15, -0.1) is 0 Å². The second-order valence-electron chi connectivity index (χ2n) is 6.80. The Bertz CT molecular complexity index is 781. The number of benzene rings is 1. The van der Waals surface area contributed by atoms with Crippen LogP contribution in [0.25, 0.3) is 10.8 Å². The van der Waals surface area contributed by atoms with Gasteiger partial charge in [-0.3, -0.25) is 9.59 Å². The van der Waals surface area contributed by atoms with Crippen LogP contribution in [0.4, 0.5) is 0 Å². The van der Waals surface area contributed by atoms with Crippen LogP contribution in [0, 0.1) is 5.92 Å². The van der Waals surface area contributed by atoms with Gasteiger partial charge in [0.1, 0.15) is 0 Å². The van der Waals surface area contributed by atoms with Gasteiger partial charge < -0.3 is 10.1 Å². The summed E-state index contributed by atoms with van der Waals surface area (Å²) >= 11 is 0. The van der Waals surface area contributed by atoms with Crippen molar-refractivity contribution < 1.29 is 9.53 Å². The molecular formula is C19H27N3O3. The van der Waals surface area contributed by atoms with Gasteiger partial charge in [0.2, 0.25) is 0 Å². The first-order chi connectivity index (χ1) is 11.9. The third-order valence-electron chi connectivity index (χ3n) is 3.68. The van der Waals surface area contributed by atoms with Gasteiger partial charge in [0, 0.05) is 25.1 Å². The molecule has 6 heteroatoms. The van der Waals surface area contributed by atoms with Crippen LogP contribution >= 0.6 is 0 Å². The van der Waals surface area contributed by atoms with Crippen molar-refractivity contribution in [1.82, 2.24) is 15.1 Å². The maximum Gasteiger partial charge on any atom is 0.274 e. The van der Waals surface area contributed by atoms with Crippen LogP contribution in [0.5, 0.6) is 0 Å². The lowest BCUT2D eigenvalue weighted by Crippen LogP contribution is -2.32. The highest BCUT2D eigenvalue weighted by Crippen LogP contribution is 2.13. The fourth-order valence-corrected chi connectivity index (χ4v) is 2.55. The number of aromatic nitrogens is 2. The molecule has 6 nitrogen and oxygen atoms in total. The minimum absolute atomic E-state index is 0.161. The summed E-state index contributed by atoms with van der Waals surface area (Å²) in [7, 11) is 0. The molecule has 25 heavy (non-hydrogen) atoms. The standard InChI is InChI=1S/C19H27N3O3/c1-13(2)12-22-19(24)16-9-6-5-8-15(16)17(21-22)18(23)20-10-7-11-25-14(3)4/h5-6,8-9,13-14H,7,10-12H2,1-4H3,(H,20,23). The van der Waals surface area contributed by atoms with E-state index in [1.54, 1.807) is 18.2 Å². The third-order valence-corrected chi connectivity index (χ3v) is 3.68. The zero-order valence-corrected chi connectivity index (χ0v) is 15.4. The molecule has 136 valence electrons. The van der Waals surface area contributed by atoms with E-state index < -0.39 is 0 Å². The molecule has 0 saturated carbocycles. The van der Waals surface area contributed by atoms with Crippen LogP contribution in [-0.2, 0) is 11.3 Å². The minimum Gasteiger partial charge on any atom is -0.379 e. The van der Waals surface area contributed by atoms with Gasteiger partial charge in [-0.25, -0.2) is 4.68 Å². The van der Waals surface area contributed by atoms with Crippen LogP contribution in [0.15, 0.2) is 29.1 Å². The molecule has 0 aliphatic heterocycles. The Morgan fingerprint density at radius 3 is 2.52 bits per heavy atom. The van der Waals surface area contributed by atoms with Gasteiger partial charge >= 0.3 is 0 Å². The van der Waals surface area contributed by atoms with Crippen molar-refractivity contribution in [2.45, 2.75) is 46.8 Å². The highest BCUT2D eigenvalue weighted by molar-refractivity contribution is 6.04. The number of amides is 1. The van der Waals surface area contributed by atoms with Crippen molar-refractivity contribution in [2.75, 3.05) is 13.2 Å². The summed E-state index contributed by atoms with van der Waals surface area (Å²) in [6.07, 6.45) is 0.911. The second-order valence-corrected chi connectivity index (χ2v) is 6.80. The molecule has 1 aromatic heterocycles. The van der Waals surface area contributed by atoms with E-state index in [1.165, 1.54) is 4.68 Å². The lowest BCUT2D eigenvalue weighted by Gasteiger charge is -2.13. The fourth-order valence-electron chi connectivity index (χ4n) is 2.55. The summed E-state index contributed by atoms with van der Waals surface area (Å²) in [6.45, 7) is 9.56. The summed E-state index contributed by atoms with van der Waals surface area (Å²) in [4.78, 5) is 25.1. The topological polar surface area (TPSA) is 73.2 Å². The molecule has 1 N–H and O–H groups in total. The van der Waals surface area contributed by atoms with Crippen LogP contribution < -0.4 is 10.9 Å². The number of fused-ring (bicyclic) bond motifs is 1. The number of nitrogens with one attached hydrogen (secondary N) is 1. The van der Waals surface area contributed by atoms with Crippen LogP contribution in [-0.4, -0.2) is 34.9 Å². The first kappa shape index (κ1) is 19.1. The number of carbonyl (C=O) groups excluding carboxylic acids is 1. The van der Waals surface area contributed by atoms with Crippen molar-refractivity contribution in [1.29, 1.82) is 0 Å². The molecule has 0 atom stereocenters. The van der Waals surface area contributed by atoms with E-state index in [0.29, 0.717) is 36.2 Å². The Morgan fingerprint density at radius 1 is 1.20 bits per heavy atom. The van der Waals surface area contributed by atoms with Crippen LogP contribution in [0.3, 0.4) is 0 Å². The van der Waals surface area contributed by atoms with Crippen LogP contribution in [0.2, 0.25) is 0 Å². The van der Waals surface area contributed by atoms with Gasteiger partial charge in [-0.2, -0.15) is 5.10 Å². The molecular weight excluding hydrogens is 318 g/mol. The molecule has 1 amide bonds. The minimum atomic E-state index is -0.266. The molecule has 0 unspecified atom stereocenters. The molecule has 0 radical (unpaired) electrons. The molecule has 1 aromatic carbocycles. The van der Waals surface area contributed by atoms with E-state index in [-0.39, 0.29) is 23.5 Å². The molecule has 1 heterocycles. The molecule has 0 fully saturated rings. The predicted octanol–water partition coefficient (Wildman–Crippen LogP) is 2.60. The van der Waals surface area contributed by atoms with Gasteiger partial charge in [-0.05, 0) is 32.3 Å². The van der Waals surface area contributed by atoms with Gasteiger partial charge in [0.15, 0.2) is 5.69 Å². The fraction of sp³-hybridized carbons (Fsp3) is 0.526. The summed E-state index contributed by atoms with van der Waals surface area (Å²) in [5.74, 6) is -0.00583. The summed E-state index contributed by atoms with van der Waals surface area (Å²) in [5.41, 5.74) is 0.131. The van der Waals surface area contributed by atoms with E-state index >= 15 is 0 Å². The van der Waals surface area contributed by atoms with Crippen molar-refractivity contribution in [3.05, 3.63) is 40.3 Å². The Labute approximate surface area is 148 Å². The summed E-state index contributed by atoms with van der Waals surface area (Å²) in [6, 6.07) is 7.11. The number of hydrogen-bond acceptors (Lipinski definition) is 4. The molecule has 0 aliphatic rings. The van der Waals surface area contributed by atoms with Crippen molar-refractivity contribution >= 4 is 16.7 Å². The Balaban J connectivity index is 2.22. The number of nitrogens with zero attached hydrogens (tertiary/aromatic N) is 2. The largest absolute Gasteiger partial charge is 0.379 e. The molecule has 0 saturated heterocycles. The van der Waals surface area contributed by atoms with Crippen molar-refractivity contribution in [3.63, 3.8) is 0 Å². The highest BCUT2D eigenvalue weighted by Gasteiger charge is 2.16. The lowest BCUT2D eigenvalue weighted by atomic mass is 10.1. The van der Waals surface area contributed by atoms with E-state index in [2.05, 4.69) is 10.4 Å². The van der Waals surface area contributed by atoms with E-state index in [4.69, 9.17) is 4.74 Å². The van der Waals surface area contributed by atoms with E-state index in [9.17, 15) is 9.59 Å². The smallest absolute Gasteiger partial charge is 0.274 e. The zero-order chi connectivity index (χ0) is 18.4. The monoisotopic (exact) mass is 345 g/mol. The molecule has 0 bridgehead atoms. The lowest BCUT2D eigenvalue weighted by molar-refractivity contribution is 0.0756. The number of hydrogen-bond donors (Lipinski definition) is 1. The van der Waals surface area contributed by atoms with E-state index in [0.717, 1.165) is 6.42 Å². The molecule has 0 spiro atoms. The SMILES string of the molecule is CC(C)Cn1nc(C(=O)NCCCOC(C)C)c2ccccc2c1=O. The zero-order valence-electron chi connectivity index (χ0n) is 15.4. The normalized spacial score (nSPS) is 11.4. The predicted molar refractivity (Wildman–Crippen MR) is 98.9 cm³/mol. The first-order valence-corrected chi connectivity index (χ1v) is 8.79. The van der Waals surface area contributed by atoms with Gasteiger partial charge in [0.25, 0.3) is 11.5 Å². The third kappa shape index (κ3) is 5.13. The summed E-state index contributed by atoms with van der Waals surface area (Å²) < 4.78 is 6.86. The molecule has 2 aromatic rings. The Hall–Kier alpha value is -2.21. The maximum atomic E-state index is 12.6. The Kier molecular flexibility index (Phi) is 6.70. The Morgan fingerprint density at radius 2 is 1.88 bits per heavy atom. The number of rotatable bonds is 8. The summed E-state index contributed by atoms with van der Waals surface area (Å²) in [5, 5.41) is 8.30. The van der Waals surface area contributed by atoms with Crippen LogP contribution in [0.1, 0.15) is 44.6 Å². The average Bonchev–Trinajstić information content (AvgIpc) is 2.56. The van der Waals surface area contributed by atoms with Gasteiger partial charge in [-0.1, -0.05) is 32.0 Å². The quantitative estimate of drug-likeness (QED) is 0.747. The average molecular weight is 345 g/mol. The first-order valence-electron chi connectivity index (χ1n) is 8.79. The highest BCUT2D eigenvalue weighted by atomic mass is 16.5. The number of carbonyl (C=O) groups is 1. The maximum absolute atomic E-state index is 12.6. The second kappa shape index (κ2) is 8.76. The van der Waals surface area contributed by atoms with E-state index in [1.807, 2.05) is 33.8 Å². The number of ether oxygens (including phenoxy) is 1. The van der Waals surface area contributed by atoms with Crippen molar-refractivity contribution in [2.24, 2.45) is 5.92 Å². The van der Waals surface area contributed by atoms with Crippen molar-refractivity contribution in [3.8, 4) is 0 Å². The molecule has 0 aliphatic carbocycles. The molecule has 2 rings (SSSR count).